The summed E-state index contributed by atoms with van der Waals surface area (Å²) in [7, 11) is 0. The van der Waals surface area contributed by atoms with Crippen LogP contribution in [0.3, 0.4) is 0 Å². The molecule has 1 heterocycles. The van der Waals surface area contributed by atoms with Crippen molar-refractivity contribution in [3.8, 4) is 5.75 Å². The smallest absolute Gasteiger partial charge is 0.363 e. The van der Waals surface area contributed by atoms with Crippen LogP contribution in [0.2, 0.25) is 0 Å². The maximum Gasteiger partial charge on any atom is 0.363 e. The van der Waals surface area contributed by atoms with E-state index in [2.05, 4.69) is 10.2 Å². The zero-order chi connectivity index (χ0) is 15.5. The van der Waals surface area contributed by atoms with Gasteiger partial charge in [0.25, 0.3) is 11.0 Å². The molecule has 1 rings (SSSR count). The molecular weight excluding hydrogens is 264 g/mol. The Morgan fingerprint density at radius 3 is 2.40 bits per heavy atom. The average Bonchev–Trinajstić information content (AvgIpc) is 2.41. The number of rotatable bonds is 3. The molecule has 7 heteroatoms. The third kappa shape index (κ3) is 3.66. The highest BCUT2D eigenvalue weighted by Gasteiger charge is 2.24. The highest BCUT2D eigenvalue weighted by Crippen LogP contribution is 2.11. The first-order valence-electron chi connectivity index (χ1n) is 6.17. The number of nitrogens with zero attached hydrogens (tertiary/aromatic N) is 1. The number of aromatic amines is 1. The average molecular weight is 282 g/mol. The van der Waals surface area contributed by atoms with Gasteiger partial charge < -0.3 is 9.47 Å². The van der Waals surface area contributed by atoms with Crippen LogP contribution in [0.1, 0.15) is 43.7 Å². The first-order valence-corrected chi connectivity index (χ1v) is 6.17. The summed E-state index contributed by atoms with van der Waals surface area (Å²) >= 11 is 0. The van der Waals surface area contributed by atoms with E-state index < -0.39 is 28.3 Å². The largest absolute Gasteiger partial charge is 0.489 e. The van der Waals surface area contributed by atoms with Gasteiger partial charge in [-0.25, -0.2) is 9.89 Å². The van der Waals surface area contributed by atoms with E-state index >= 15 is 0 Å². The highest BCUT2D eigenvalue weighted by molar-refractivity contribution is 5.87. The molecule has 7 nitrogen and oxygen atoms in total. The molecule has 0 aromatic carbocycles. The molecule has 0 bridgehead atoms. The Labute approximate surface area is 115 Å². The minimum absolute atomic E-state index is 0.0687. The molecule has 1 N–H and O–H groups in total. The molecule has 0 atom stereocenters. The molecular formula is C13H18N2O5. The minimum Gasteiger partial charge on any atom is -0.489 e. The van der Waals surface area contributed by atoms with Crippen molar-refractivity contribution in [1.82, 2.24) is 10.2 Å². The van der Waals surface area contributed by atoms with Crippen LogP contribution < -0.4 is 15.7 Å². The van der Waals surface area contributed by atoms with E-state index in [4.69, 9.17) is 9.47 Å². The van der Waals surface area contributed by atoms with E-state index in [-0.39, 0.29) is 17.9 Å². The number of esters is 1. The molecule has 0 aliphatic carbocycles. The van der Waals surface area contributed by atoms with Gasteiger partial charge in [0.05, 0.1) is 12.2 Å². The van der Waals surface area contributed by atoms with Gasteiger partial charge in [0, 0.05) is 0 Å². The molecule has 110 valence electrons. The number of hydrogen-bond acceptors (Lipinski definition) is 6. The standard InChI is InChI=1S/C13H18N2O5/c1-6-19-10-7(2)11(17)15-14-8(9(10)16)12(18)20-13(3,4)5/h6H2,1-5H3,(H,15,17). The molecule has 20 heavy (non-hydrogen) atoms. The third-order valence-corrected chi connectivity index (χ3v) is 2.25. The van der Waals surface area contributed by atoms with Gasteiger partial charge in [-0.1, -0.05) is 0 Å². The molecule has 1 aromatic heterocycles. The summed E-state index contributed by atoms with van der Waals surface area (Å²) in [6.45, 7) is 8.26. The van der Waals surface area contributed by atoms with Gasteiger partial charge in [-0.05, 0) is 34.6 Å². The van der Waals surface area contributed by atoms with Crippen molar-refractivity contribution in [2.45, 2.75) is 40.2 Å². The Bertz CT molecular complexity index is 628. The van der Waals surface area contributed by atoms with Crippen molar-refractivity contribution in [2.24, 2.45) is 0 Å². The van der Waals surface area contributed by atoms with Gasteiger partial charge in [-0.15, -0.1) is 0 Å². The summed E-state index contributed by atoms with van der Waals surface area (Å²) in [5, 5.41) is 5.64. The van der Waals surface area contributed by atoms with Gasteiger partial charge in [-0.2, -0.15) is 5.10 Å². The first-order chi connectivity index (χ1) is 9.17. The number of ether oxygens (including phenoxy) is 2. The zero-order valence-corrected chi connectivity index (χ0v) is 12.2. The van der Waals surface area contributed by atoms with Crippen LogP contribution in [0.5, 0.6) is 5.75 Å². The van der Waals surface area contributed by atoms with Crippen LogP contribution in [0, 0.1) is 6.92 Å². The Morgan fingerprint density at radius 1 is 1.30 bits per heavy atom. The fourth-order valence-electron chi connectivity index (χ4n) is 1.41. The summed E-state index contributed by atoms with van der Waals surface area (Å²) in [6, 6.07) is 0. The van der Waals surface area contributed by atoms with E-state index in [1.54, 1.807) is 27.7 Å². The lowest BCUT2D eigenvalue weighted by Gasteiger charge is -2.18. The van der Waals surface area contributed by atoms with E-state index in [1.807, 2.05) is 0 Å². The molecule has 0 spiro atoms. The van der Waals surface area contributed by atoms with Crippen molar-refractivity contribution in [2.75, 3.05) is 6.61 Å². The molecule has 0 fully saturated rings. The second-order valence-corrected chi connectivity index (χ2v) is 5.12. The molecule has 1 aromatic rings. The lowest BCUT2D eigenvalue weighted by Crippen LogP contribution is -2.28. The van der Waals surface area contributed by atoms with Crippen LogP contribution >= 0.6 is 0 Å². The summed E-state index contributed by atoms with van der Waals surface area (Å²) < 4.78 is 10.2. The minimum atomic E-state index is -0.908. The molecule has 0 amide bonds. The molecule has 0 aliphatic heterocycles. The van der Waals surface area contributed by atoms with Crippen LogP contribution in [0.15, 0.2) is 9.59 Å². The van der Waals surface area contributed by atoms with Crippen molar-refractivity contribution < 1.29 is 14.3 Å². The van der Waals surface area contributed by atoms with E-state index in [9.17, 15) is 14.4 Å². The van der Waals surface area contributed by atoms with Gasteiger partial charge in [-0.3, -0.25) is 9.59 Å². The van der Waals surface area contributed by atoms with E-state index in [0.717, 1.165) is 0 Å². The molecule has 0 aliphatic rings. The second kappa shape index (κ2) is 5.85. The summed E-state index contributed by atoms with van der Waals surface area (Å²) in [5.41, 5.74) is -2.58. The zero-order valence-electron chi connectivity index (χ0n) is 12.2. The van der Waals surface area contributed by atoms with Gasteiger partial charge in [0.15, 0.2) is 5.75 Å². The topological polar surface area (TPSA) is 98.4 Å². The van der Waals surface area contributed by atoms with Gasteiger partial charge in [0.1, 0.15) is 5.60 Å². The van der Waals surface area contributed by atoms with Crippen LogP contribution in [0.25, 0.3) is 0 Å². The quantitative estimate of drug-likeness (QED) is 0.823. The monoisotopic (exact) mass is 282 g/mol. The number of nitrogens with one attached hydrogen (secondary N) is 1. The normalized spacial score (nSPS) is 11.1. The van der Waals surface area contributed by atoms with Crippen LogP contribution in [-0.4, -0.2) is 28.4 Å². The lowest BCUT2D eigenvalue weighted by atomic mass is 10.2. The summed E-state index contributed by atoms with van der Waals surface area (Å²) in [4.78, 5) is 35.8. The van der Waals surface area contributed by atoms with Crippen LogP contribution in [0.4, 0.5) is 0 Å². The molecule has 0 saturated carbocycles. The Morgan fingerprint density at radius 2 is 1.90 bits per heavy atom. The van der Waals surface area contributed by atoms with Crippen molar-refractivity contribution in [1.29, 1.82) is 0 Å². The number of H-pyrrole nitrogens is 1. The van der Waals surface area contributed by atoms with E-state index in [1.165, 1.54) is 6.92 Å². The number of hydrogen-bond donors (Lipinski definition) is 1. The van der Waals surface area contributed by atoms with Crippen molar-refractivity contribution >= 4 is 5.97 Å². The Kier molecular flexibility index (Phi) is 4.65. The summed E-state index contributed by atoms with van der Waals surface area (Å²) in [6.07, 6.45) is 0. The van der Waals surface area contributed by atoms with E-state index in [0.29, 0.717) is 0 Å². The molecule has 0 unspecified atom stereocenters. The van der Waals surface area contributed by atoms with Gasteiger partial charge in [0.2, 0.25) is 5.69 Å². The molecule has 0 radical (unpaired) electrons. The molecule has 0 saturated heterocycles. The summed E-state index contributed by atoms with van der Waals surface area (Å²) in [5.74, 6) is -1.10. The predicted octanol–water partition coefficient (Wildman–Crippen LogP) is 0.793. The van der Waals surface area contributed by atoms with Crippen molar-refractivity contribution in [3.63, 3.8) is 0 Å². The SMILES string of the molecule is CCOc1c(C)c(=O)[nH]nc(C(=O)OC(C)(C)C)c1=O. The highest BCUT2D eigenvalue weighted by atomic mass is 16.6. The first kappa shape index (κ1) is 15.9. The number of carbonyl (C=O) groups is 1. The maximum absolute atomic E-state index is 12.2. The number of carbonyl (C=O) groups excluding carboxylic acids is 1. The fourth-order valence-corrected chi connectivity index (χ4v) is 1.41. The van der Waals surface area contributed by atoms with Crippen LogP contribution in [-0.2, 0) is 4.74 Å². The fraction of sp³-hybridized carbons (Fsp3) is 0.538. The van der Waals surface area contributed by atoms with Crippen molar-refractivity contribution in [3.05, 3.63) is 31.8 Å². The number of aromatic nitrogens is 2. The van der Waals surface area contributed by atoms with Gasteiger partial charge >= 0.3 is 5.97 Å². The maximum atomic E-state index is 12.2. The third-order valence-electron chi connectivity index (χ3n) is 2.25. The predicted molar refractivity (Wildman–Crippen MR) is 72.2 cm³/mol. The Hall–Kier alpha value is -2.18. The second-order valence-electron chi connectivity index (χ2n) is 5.12. The Balaban J connectivity index is 3.48. The lowest BCUT2D eigenvalue weighted by molar-refractivity contribution is 0.00598.